The van der Waals surface area contributed by atoms with Crippen LogP contribution in [0, 0.1) is 17.2 Å². The van der Waals surface area contributed by atoms with E-state index in [9.17, 15) is 13.2 Å². The highest BCUT2D eigenvalue weighted by molar-refractivity contribution is 7.88. The molecule has 1 saturated heterocycles. The first-order chi connectivity index (χ1) is 14.3. The summed E-state index contributed by atoms with van der Waals surface area (Å²) in [6.45, 7) is 0.589. The molecule has 1 aliphatic heterocycles. The van der Waals surface area contributed by atoms with Gasteiger partial charge in [0.25, 0.3) is 0 Å². The molecule has 0 atom stereocenters. The molecule has 1 aliphatic rings. The number of hydrogen-bond acceptors (Lipinski definition) is 4. The minimum absolute atomic E-state index is 0.121. The van der Waals surface area contributed by atoms with E-state index in [1.54, 1.807) is 42.5 Å². The highest BCUT2D eigenvalue weighted by atomic mass is 35.5. The molecule has 1 N–H and O–H groups in total. The van der Waals surface area contributed by atoms with E-state index < -0.39 is 10.0 Å². The highest BCUT2D eigenvalue weighted by Crippen LogP contribution is 2.26. The summed E-state index contributed by atoms with van der Waals surface area (Å²) >= 11 is 11.9. The number of piperidine rings is 1. The Morgan fingerprint density at radius 1 is 1.07 bits per heavy atom. The van der Waals surface area contributed by atoms with Crippen molar-refractivity contribution in [2.24, 2.45) is 5.92 Å². The first kappa shape index (κ1) is 22.6. The molecule has 0 radical (unpaired) electrons. The molecule has 0 bridgehead atoms. The van der Waals surface area contributed by atoms with Gasteiger partial charge >= 0.3 is 0 Å². The van der Waals surface area contributed by atoms with Crippen LogP contribution in [0.3, 0.4) is 0 Å². The van der Waals surface area contributed by atoms with Crippen molar-refractivity contribution in [2.75, 3.05) is 18.4 Å². The lowest BCUT2D eigenvalue weighted by Gasteiger charge is -2.30. The van der Waals surface area contributed by atoms with E-state index in [4.69, 9.17) is 28.5 Å². The maximum Gasteiger partial charge on any atom is 0.227 e. The molecule has 0 unspecified atom stereocenters. The molecule has 0 spiro atoms. The summed E-state index contributed by atoms with van der Waals surface area (Å²) in [4.78, 5) is 12.5. The van der Waals surface area contributed by atoms with Gasteiger partial charge in [0.2, 0.25) is 15.9 Å². The van der Waals surface area contributed by atoms with Gasteiger partial charge in [-0.05, 0) is 48.2 Å². The van der Waals surface area contributed by atoms with Gasteiger partial charge in [-0.2, -0.15) is 5.26 Å². The third-order valence-electron chi connectivity index (χ3n) is 5.06. The second kappa shape index (κ2) is 9.80. The lowest BCUT2D eigenvalue weighted by Crippen LogP contribution is -2.41. The molecule has 158 valence electrons. The molecule has 0 aliphatic carbocycles. The smallest absolute Gasteiger partial charge is 0.227 e. The van der Waals surface area contributed by atoms with Crippen LogP contribution in [0.4, 0.5) is 5.69 Å². The van der Waals surface area contributed by atoms with Crippen LogP contribution in [0.5, 0.6) is 0 Å². The Labute approximate surface area is 186 Å². The number of sulfonamides is 1. The van der Waals surface area contributed by atoms with Gasteiger partial charge in [0.1, 0.15) is 0 Å². The predicted octanol–water partition coefficient (Wildman–Crippen LogP) is 4.24. The number of benzene rings is 2. The average molecular weight is 466 g/mol. The molecule has 3 rings (SSSR count). The summed E-state index contributed by atoms with van der Waals surface area (Å²) in [5.41, 5.74) is 2.12. The van der Waals surface area contributed by atoms with Crippen LogP contribution < -0.4 is 5.32 Å². The monoisotopic (exact) mass is 465 g/mol. The molecular formula is C21H21Cl2N3O3S. The van der Waals surface area contributed by atoms with Crippen LogP contribution in [0.2, 0.25) is 10.0 Å². The fourth-order valence-electron chi connectivity index (χ4n) is 3.37. The molecular weight excluding hydrogens is 445 g/mol. The van der Waals surface area contributed by atoms with Gasteiger partial charge in [-0.25, -0.2) is 12.7 Å². The van der Waals surface area contributed by atoms with Gasteiger partial charge in [0, 0.05) is 24.7 Å². The van der Waals surface area contributed by atoms with Gasteiger partial charge in [0.05, 0.1) is 28.3 Å². The Bertz CT molecular complexity index is 1060. The number of nitriles is 1. The topological polar surface area (TPSA) is 90.3 Å². The van der Waals surface area contributed by atoms with Crippen LogP contribution in [0.15, 0.2) is 42.5 Å². The lowest BCUT2D eigenvalue weighted by molar-refractivity contribution is -0.120. The zero-order valence-corrected chi connectivity index (χ0v) is 18.5. The number of nitrogens with one attached hydrogen (secondary N) is 1. The third-order valence-corrected chi connectivity index (χ3v) is 7.64. The molecule has 30 heavy (non-hydrogen) atoms. The number of halogens is 2. The standard InChI is InChI=1S/C21H21Cl2N3O3S/c22-19-6-3-16(13-20(19)23)14-30(28,29)26-11-8-17(9-12-26)21(27)25-18-4-1-15(2-5-18)7-10-24/h1-6,13,17H,7-9,11-12,14H2,(H,25,27). The Balaban J connectivity index is 1.54. The van der Waals surface area contributed by atoms with E-state index in [1.807, 2.05) is 0 Å². The van der Waals surface area contributed by atoms with Gasteiger partial charge in [-0.15, -0.1) is 0 Å². The van der Waals surface area contributed by atoms with Crippen molar-refractivity contribution in [3.63, 3.8) is 0 Å². The van der Waals surface area contributed by atoms with Crippen LogP contribution in [0.25, 0.3) is 0 Å². The fraction of sp³-hybridized carbons (Fsp3) is 0.333. The SMILES string of the molecule is N#CCc1ccc(NC(=O)C2CCN(S(=O)(=O)Cc3ccc(Cl)c(Cl)c3)CC2)cc1. The van der Waals surface area contributed by atoms with Crippen LogP contribution in [-0.4, -0.2) is 31.7 Å². The van der Waals surface area contributed by atoms with E-state index in [-0.39, 0.29) is 17.6 Å². The quantitative estimate of drug-likeness (QED) is 0.690. The van der Waals surface area contributed by atoms with Gasteiger partial charge in [0.15, 0.2) is 0 Å². The first-order valence-electron chi connectivity index (χ1n) is 9.47. The Morgan fingerprint density at radius 3 is 2.30 bits per heavy atom. The summed E-state index contributed by atoms with van der Waals surface area (Å²) in [6.07, 6.45) is 1.24. The Kier molecular flexibility index (Phi) is 7.37. The van der Waals surface area contributed by atoms with Gasteiger partial charge < -0.3 is 5.32 Å². The van der Waals surface area contributed by atoms with E-state index in [0.717, 1.165) is 5.56 Å². The lowest BCUT2D eigenvalue weighted by atomic mass is 9.97. The van der Waals surface area contributed by atoms with Crippen molar-refractivity contribution in [3.8, 4) is 6.07 Å². The number of amides is 1. The Morgan fingerprint density at radius 2 is 1.70 bits per heavy atom. The van der Waals surface area contributed by atoms with Crippen molar-refractivity contribution in [2.45, 2.75) is 25.0 Å². The van der Waals surface area contributed by atoms with Crippen molar-refractivity contribution in [3.05, 3.63) is 63.6 Å². The van der Waals surface area contributed by atoms with E-state index in [0.29, 0.717) is 53.6 Å². The number of anilines is 1. The van der Waals surface area contributed by atoms with Crippen LogP contribution in [0.1, 0.15) is 24.0 Å². The van der Waals surface area contributed by atoms with Gasteiger partial charge in [-0.1, -0.05) is 41.4 Å². The molecule has 6 nitrogen and oxygen atoms in total. The summed E-state index contributed by atoms with van der Waals surface area (Å²) < 4.78 is 26.9. The highest BCUT2D eigenvalue weighted by Gasteiger charge is 2.31. The fourth-order valence-corrected chi connectivity index (χ4v) is 5.24. The summed E-state index contributed by atoms with van der Waals surface area (Å²) in [5, 5.41) is 12.3. The zero-order valence-electron chi connectivity index (χ0n) is 16.1. The average Bonchev–Trinajstić information content (AvgIpc) is 2.72. The van der Waals surface area contributed by atoms with E-state index >= 15 is 0 Å². The van der Waals surface area contributed by atoms with Crippen LogP contribution in [-0.2, 0) is 27.0 Å². The van der Waals surface area contributed by atoms with Crippen molar-refractivity contribution in [1.29, 1.82) is 5.26 Å². The summed E-state index contributed by atoms with van der Waals surface area (Å²) in [7, 11) is -3.51. The molecule has 1 amide bonds. The molecule has 9 heteroatoms. The molecule has 2 aromatic rings. The Hall–Kier alpha value is -2.11. The third kappa shape index (κ3) is 5.73. The largest absolute Gasteiger partial charge is 0.326 e. The predicted molar refractivity (Wildman–Crippen MR) is 118 cm³/mol. The van der Waals surface area contributed by atoms with Crippen LogP contribution >= 0.6 is 23.2 Å². The van der Waals surface area contributed by atoms with Crippen molar-refractivity contribution >= 4 is 44.8 Å². The number of carbonyl (C=O) groups excluding carboxylic acids is 1. The van der Waals surface area contributed by atoms with E-state index in [1.165, 1.54) is 4.31 Å². The molecule has 1 fully saturated rings. The molecule has 0 saturated carbocycles. The molecule has 1 heterocycles. The maximum absolute atomic E-state index is 12.7. The summed E-state index contributed by atoms with van der Waals surface area (Å²) in [5.74, 6) is -0.528. The minimum Gasteiger partial charge on any atom is -0.326 e. The molecule has 0 aromatic heterocycles. The molecule has 2 aromatic carbocycles. The number of rotatable bonds is 6. The zero-order chi connectivity index (χ0) is 21.7. The first-order valence-corrected chi connectivity index (χ1v) is 11.8. The number of nitrogens with zero attached hydrogens (tertiary/aromatic N) is 2. The van der Waals surface area contributed by atoms with E-state index in [2.05, 4.69) is 11.4 Å². The minimum atomic E-state index is -3.51. The van der Waals surface area contributed by atoms with Crippen molar-refractivity contribution in [1.82, 2.24) is 4.31 Å². The normalized spacial score (nSPS) is 15.5. The number of hydrogen-bond donors (Lipinski definition) is 1. The second-order valence-electron chi connectivity index (χ2n) is 7.20. The van der Waals surface area contributed by atoms with Crippen molar-refractivity contribution < 1.29 is 13.2 Å². The second-order valence-corrected chi connectivity index (χ2v) is 9.98. The summed E-state index contributed by atoms with van der Waals surface area (Å²) in [6, 6.07) is 14.0. The maximum atomic E-state index is 12.7. The number of carbonyl (C=O) groups is 1. The van der Waals surface area contributed by atoms with Gasteiger partial charge in [-0.3, -0.25) is 4.79 Å².